The number of esters is 1. The Labute approximate surface area is 194 Å². The Hall–Kier alpha value is -2.93. The number of carbonyl (C=O) groups is 1. The van der Waals surface area contributed by atoms with Crippen molar-refractivity contribution in [3.8, 4) is 0 Å². The number of carbonyl (C=O) groups excluding carboxylic acids is 1. The SMILES string of the molecule is CSc1c(CC(=O)OC(C)C)cc(C(F)(F)F)c2c3ccccc3n(Cc3ccccc3)c12. The summed E-state index contributed by atoms with van der Waals surface area (Å²) in [5.41, 5.74) is 1.79. The van der Waals surface area contributed by atoms with E-state index in [1.165, 1.54) is 11.8 Å². The van der Waals surface area contributed by atoms with Crippen molar-refractivity contribution in [3.05, 3.63) is 77.4 Å². The third-order valence-electron chi connectivity index (χ3n) is 5.46. The molecule has 0 unspecified atom stereocenters. The van der Waals surface area contributed by atoms with Gasteiger partial charge < -0.3 is 9.30 Å². The van der Waals surface area contributed by atoms with E-state index in [2.05, 4.69) is 0 Å². The number of thioether (sulfide) groups is 1. The molecule has 1 heterocycles. The first kappa shape index (κ1) is 23.2. The maximum Gasteiger partial charge on any atom is 0.417 e. The molecule has 172 valence electrons. The molecule has 0 bridgehead atoms. The second-order valence-corrected chi connectivity index (χ2v) is 8.96. The summed E-state index contributed by atoms with van der Waals surface area (Å²) in [7, 11) is 0. The van der Waals surface area contributed by atoms with E-state index < -0.39 is 17.7 Å². The molecule has 0 aliphatic rings. The molecule has 3 nitrogen and oxygen atoms in total. The van der Waals surface area contributed by atoms with E-state index in [4.69, 9.17) is 4.74 Å². The van der Waals surface area contributed by atoms with Crippen molar-refractivity contribution in [1.29, 1.82) is 0 Å². The molecule has 4 rings (SSSR count). The summed E-state index contributed by atoms with van der Waals surface area (Å²) in [6, 6.07) is 17.9. The smallest absolute Gasteiger partial charge is 0.417 e. The number of nitrogens with zero attached hydrogens (tertiary/aromatic N) is 1. The fourth-order valence-electron chi connectivity index (χ4n) is 4.25. The monoisotopic (exact) mass is 471 g/mol. The molecule has 33 heavy (non-hydrogen) atoms. The van der Waals surface area contributed by atoms with Crippen LogP contribution in [0, 0.1) is 0 Å². The van der Waals surface area contributed by atoms with Gasteiger partial charge in [-0.15, -0.1) is 11.8 Å². The number of halogens is 3. The normalized spacial score (nSPS) is 12.1. The fraction of sp³-hybridized carbons (Fsp3) is 0.269. The van der Waals surface area contributed by atoms with Crippen LogP contribution in [0.15, 0.2) is 65.6 Å². The van der Waals surface area contributed by atoms with Crippen molar-refractivity contribution in [3.63, 3.8) is 0 Å². The van der Waals surface area contributed by atoms with Gasteiger partial charge >= 0.3 is 12.1 Å². The predicted molar refractivity (Wildman–Crippen MR) is 127 cm³/mol. The standard InChI is InChI=1S/C26H24F3NO2S/c1-16(2)32-22(31)14-18-13-20(26(27,28)29)23-19-11-7-8-12-21(19)30(24(23)25(18)33-3)15-17-9-5-4-6-10-17/h4-13,16H,14-15H2,1-3H3. The van der Waals surface area contributed by atoms with Gasteiger partial charge in [-0.2, -0.15) is 13.2 Å². The van der Waals surface area contributed by atoms with E-state index in [1.54, 1.807) is 26.0 Å². The van der Waals surface area contributed by atoms with E-state index in [9.17, 15) is 18.0 Å². The van der Waals surface area contributed by atoms with Gasteiger partial charge in [0.2, 0.25) is 0 Å². The molecule has 0 spiro atoms. The lowest BCUT2D eigenvalue weighted by Gasteiger charge is -2.18. The van der Waals surface area contributed by atoms with E-state index in [-0.39, 0.29) is 17.9 Å². The average molecular weight is 472 g/mol. The summed E-state index contributed by atoms with van der Waals surface area (Å²) in [6.45, 7) is 3.85. The number of alkyl halides is 3. The van der Waals surface area contributed by atoms with Gasteiger partial charge in [0.25, 0.3) is 0 Å². The summed E-state index contributed by atoms with van der Waals surface area (Å²) >= 11 is 1.35. The molecule has 1 aromatic heterocycles. The molecule has 4 aromatic rings. The van der Waals surface area contributed by atoms with Gasteiger partial charge in [-0.3, -0.25) is 4.79 Å². The zero-order valence-corrected chi connectivity index (χ0v) is 19.4. The maximum absolute atomic E-state index is 14.3. The Morgan fingerprint density at radius 2 is 1.73 bits per heavy atom. The molecule has 0 aliphatic carbocycles. The van der Waals surface area contributed by atoms with Crippen LogP contribution >= 0.6 is 11.8 Å². The van der Waals surface area contributed by atoms with Crippen LogP contribution in [0.2, 0.25) is 0 Å². The molecular formula is C26H24F3NO2S. The molecule has 3 aromatic carbocycles. The Morgan fingerprint density at radius 1 is 1.06 bits per heavy atom. The Kier molecular flexibility index (Phi) is 6.43. The van der Waals surface area contributed by atoms with Gasteiger partial charge in [-0.05, 0) is 43.4 Å². The number of fused-ring (bicyclic) bond motifs is 3. The topological polar surface area (TPSA) is 31.2 Å². The second kappa shape index (κ2) is 9.14. The highest BCUT2D eigenvalue weighted by Crippen LogP contribution is 2.45. The van der Waals surface area contributed by atoms with Crippen molar-refractivity contribution >= 4 is 39.5 Å². The van der Waals surface area contributed by atoms with Crippen LogP contribution in [0.5, 0.6) is 0 Å². The maximum atomic E-state index is 14.3. The van der Waals surface area contributed by atoms with E-state index in [0.29, 0.717) is 27.9 Å². The number of benzene rings is 3. The quantitative estimate of drug-likeness (QED) is 0.222. The van der Waals surface area contributed by atoms with Crippen molar-refractivity contribution in [1.82, 2.24) is 4.57 Å². The molecule has 0 amide bonds. The van der Waals surface area contributed by atoms with E-state index in [0.717, 1.165) is 17.1 Å². The van der Waals surface area contributed by atoms with Crippen LogP contribution in [0.4, 0.5) is 13.2 Å². The number of para-hydroxylation sites is 1. The zero-order chi connectivity index (χ0) is 23.8. The Morgan fingerprint density at radius 3 is 2.36 bits per heavy atom. The number of aromatic nitrogens is 1. The van der Waals surface area contributed by atoms with Crippen LogP contribution in [0.3, 0.4) is 0 Å². The van der Waals surface area contributed by atoms with Gasteiger partial charge in [0.1, 0.15) is 0 Å². The van der Waals surface area contributed by atoms with Gasteiger partial charge in [-0.25, -0.2) is 0 Å². The summed E-state index contributed by atoms with van der Waals surface area (Å²) < 4.78 is 50.1. The van der Waals surface area contributed by atoms with Crippen LogP contribution in [0.25, 0.3) is 21.8 Å². The first-order chi connectivity index (χ1) is 15.7. The highest BCUT2D eigenvalue weighted by Gasteiger charge is 2.36. The van der Waals surface area contributed by atoms with Crippen molar-refractivity contribution in [2.24, 2.45) is 0 Å². The number of hydrogen-bond acceptors (Lipinski definition) is 3. The van der Waals surface area contributed by atoms with Gasteiger partial charge in [0.05, 0.1) is 23.6 Å². The first-order valence-corrected chi connectivity index (χ1v) is 11.8. The Bertz CT molecular complexity index is 1310. The number of hydrogen-bond donors (Lipinski definition) is 0. The zero-order valence-electron chi connectivity index (χ0n) is 18.6. The largest absolute Gasteiger partial charge is 0.463 e. The lowest BCUT2D eigenvalue weighted by atomic mass is 10.0. The van der Waals surface area contributed by atoms with Gasteiger partial charge in [0.15, 0.2) is 0 Å². The van der Waals surface area contributed by atoms with E-state index >= 15 is 0 Å². The second-order valence-electron chi connectivity index (χ2n) is 8.14. The predicted octanol–water partition coefficient (Wildman–Crippen LogP) is 7.08. The highest BCUT2D eigenvalue weighted by molar-refractivity contribution is 7.98. The molecule has 0 N–H and O–H groups in total. The molecule has 0 atom stereocenters. The van der Waals surface area contributed by atoms with E-state index in [1.807, 2.05) is 53.3 Å². The minimum Gasteiger partial charge on any atom is -0.463 e. The fourth-order valence-corrected chi connectivity index (χ4v) is 5.05. The summed E-state index contributed by atoms with van der Waals surface area (Å²) in [5.74, 6) is -0.543. The lowest BCUT2D eigenvalue weighted by molar-refractivity contribution is -0.146. The van der Waals surface area contributed by atoms with Crippen LogP contribution < -0.4 is 0 Å². The minimum atomic E-state index is -4.58. The molecule has 0 fully saturated rings. The summed E-state index contributed by atoms with van der Waals surface area (Å²) in [6.07, 6.45) is -3.32. The molecule has 0 saturated heterocycles. The van der Waals surface area contributed by atoms with Gasteiger partial charge in [-0.1, -0.05) is 48.5 Å². The summed E-state index contributed by atoms with van der Waals surface area (Å²) in [4.78, 5) is 13.1. The lowest BCUT2D eigenvalue weighted by Crippen LogP contribution is -2.15. The number of rotatable bonds is 6. The molecule has 0 aliphatic heterocycles. The minimum absolute atomic E-state index is 0.166. The third kappa shape index (κ3) is 4.60. The van der Waals surface area contributed by atoms with Crippen molar-refractivity contribution < 1.29 is 22.7 Å². The third-order valence-corrected chi connectivity index (χ3v) is 6.32. The average Bonchev–Trinajstić information content (AvgIpc) is 3.07. The molecule has 7 heteroatoms. The van der Waals surface area contributed by atoms with Crippen LogP contribution in [0.1, 0.15) is 30.5 Å². The molecule has 0 radical (unpaired) electrons. The Balaban J connectivity index is 2.07. The number of ether oxygens (including phenoxy) is 1. The van der Waals surface area contributed by atoms with Crippen LogP contribution in [-0.4, -0.2) is 22.9 Å². The van der Waals surface area contributed by atoms with Crippen molar-refractivity contribution in [2.75, 3.05) is 6.26 Å². The molecular weight excluding hydrogens is 447 g/mol. The summed E-state index contributed by atoms with van der Waals surface area (Å²) in [5, 5.41) is 0.710. The van der Waals surface area contributed by atoms with Crippen LogP contribution in [-0.2, 0) is 28.7 Å². The van der Waals surface area contributed by atoms with Crippen molar-refractivity contribution in [2.45, 2.75) is 44.0 Å². The van der Waals surface area contributed by atoms with Gasteiger partial charge in [0, 0.05) is 27.7 Å². The highest BCUT2D eigenvalue weighted by atomic mass is 32.2. The first-order valence-electron chi connectivity index (χ1n) is 10.6. The molecule has 0 saturated carbocycles.